The summed E-state index contributed by atoms with van der Waals surface area (Å²) in [6.07, 6.45) is 9.50. The molecule has 0 aromatic carbocycles. The zero-order valence-corrected chi connectivity index (χ0v) is 85.0. The molecule has 256 valence electrons. The molecule has 0 aliphatic carbocycles. The van der Waals surface area contributed by atoms with Gasteiger partial charge in [-0.3, -0.25) is 0 Å². The van der Waals surface area contributed by atoms with Gasteiger partial charge in [0.1, 0.15) is 0 Å². The molecule has 0 spiro atoms. The molecule has 1 heterocycles. The van der Waals surface area contributed by atoms with Gasteiger partial charge in [0.15, 0.2) is 0 Å². The summed E-state index contributed by atoms with van der Waals surface area (Å²) < 4.78 is 0. The van der Waals surface area contributed by atoms with Crippen LogP contribution in [-0.2, 0) is 128 Å². The van der Waals surface area contributed by atoms with E-state index in [9.17, 15) is 14.4 Å². The number of hydrogen-bond donors (Lipinski definition) is 0. The topological polar surface area (TPSA) is 214 Å². The van der Waals surface area contributed by atoms with Gasteiger partial charge in [-0.05, 0) is 37.8 Å². The minimum absolute atomic E-state index is 0. The predicted molar refractivity (Wildman–Crippen MR) is 184 cm³/mol. The van der Waals surface area contributed by atoms with Crippen molar-refractivity contribution in [3.63, 3.8) is 0 Å². The number of carboxylic acid groups (broad SMARTS) is 3. The third-order valence-corrected chi connectivity index (χ3v) is 2.51. The van der Waals surface area contributed by atoms with Crippen LogP contribution in [0.5, 0.6) is 0 Å². The van der Waals surface area contributed by atoms with Crippen LogP contribution >= 0.6 is 0 Å². The first-order chi connectivity index (χ1) is 19.2. The summed E-state index contributed by atoms with van der Waals surface area (Å²) >= 11 is 38.4. The summed E-state index contributed by atoms with van der Waals surface area (Å²) in [5.74, 6) is -2.00. The Morgan fingerprint density at radius 2 is 0.560 bits per heavy atom. The van der Waals surface area contributed by atoms with Crippen molar-refractivity contribution in [3.8, 4) is 0 Å². The van der Waals surface area contributed by atoms with Crippen molar-refractivity contribution in [2.75, 3.05) is 49.0 Å². The Kier molecular flexibility index (Phi) is 398. The van der Waals surface area contributed by atoms with E-state index in [0.29, 0.717) is 11.5 Å². The van der Waals surface area contributed by atoms with Gasteiger partial charge in [0.25, 0.3) is 0 Å². The second-order valence-corrected chi connectivity index (χ2v) is 4.95. The summed E-state index contributed by atoms with van der Waals surface area (Å²) in [7, 11) is 0. The third-order valence-electron chi connectivity index (χ3n) is 0.946. The number of carbonyl (C=O) groups is 3. The van der Waals surface area contributed by atoms with Crippen LogP contribution in [0, 0.1) is 6.92 Å². The summed E-state index contributed by atoms with van der Waals surface area (Å²) in [5.41, 5.74) is -3.25. The number of hydrogen-bond acceptors (Lipinski definition) is 18. The van der Waals surface area contributed by atoms with Crippen LogP contribution in [0.1, 0.15) is 27.7 Å². The number of aliphatic carboxylic acids is 3. The Morgan fingerprint density at radius 3 is 0.600 bits per heavy atom. The Morgan fingerprint density at radius 1 is 0.480 bits per heavy atom. The summed E-state index contributed by atoms with van der Waals surface area (Å²) in [6.45, 7) is 7.92. The predicted octanol–water partition coefficient (Wildman–Crippen LogP) is -32.2. The van der Waals surface area contributed by atoms with Crippen molar-refractivity contribution in [2.24, 2.45) is 0 Å². The number of carbonyl (C=O) groups excluding carboxylic acids is 3. The second kappa shape index (κ2) is 151. The normalized spacial score (nSPS) is 5.22. The first-order valence-corrected chi connectivity index (χ1v) is 16.0. The van der Waals surface area contributed by atoms with Crippen molar-refractivity contribution in [1.29, 1.82) is 0 Å². The van der Waals surface area contributed by atoms with Gasteiger partial charge in [-0.1, -0.05) is 0 Å². The van der Waals surface area contributed by atoms with Crippen molar-refractivity contribution in [2.45, 2.75) is 32.9 Å². The largest absolute Gasteiger partial charge is 1.00 e. The van der Waals surface area contributed by atoms with Gasteiger partial charge in [0.05, 0.1) is 0 Å². The number of nitrogens with zero attached hydrogens (tertiary/aromatic N) is 3. The second-order valence-electron chi connectivity index (χ2n) is 3.61. The van der Waals surface area contributed by atoms with E-state index in [4.69, 9.17) is 42.3 Å². The molecule has 50 heavy (non-hydrogen) atoms. The van der Waals surface area contributed by atoms with E-state index >= 15 is 0 Å². The Labute approximate surface area is 792 Å². The summed E-state index contributed by atoms with van der Waals surface area (Å²) in [6, 6.07) is 0. The maximum absolute atomic E-state index is 10.0. The molecule has 1 aromatic rings. The standard InChI is InChI=1S/C3H3N3O3.C3H8S3.3C2H4O2.C2H5.6CH4S.9Rb/c7-1-4-2(8)6-3(9)5-1;4-1-3(6)2-5;3*1-2(3)4;7*1-2;;;;;;;;;/h(H3,4,5,6,7,8,9);3-6H,1-2H2;3*1H3,(H,3,4);1H2,2H3;6*2H,1H3;;;;;;;;;/q;;;;;-1;;;;;;;9*+1/p-15. The van der Waals surface area contributed by atoms with Crippen LogP contribution in [0.3, 0.4) is 0 Å². The van der Waals surface area contributed by atoms with E-state index in [0.717, 1.165) is 20.8 Å². The molecular weight excluding hydrogens is 1480 g/mol. The first-order valence-electron chi connectivity index (χ1n) is 9.46. The number of aromatic nitrogens is 3. The molecule has 30 heteroatoms. The molecular formula is C20H37N3O9Rb9S9-7. The van der Waals surface area contributed by atoms with Gasteiger partial charge in [-0.2, -0.15) is 56.0 Å². The molecule has 0 aliphatic rings. The fraction of sp³-hybridized carbons (Fsp3) is 0.650. The Balaban J connectivity index is -0.0000000112. The maximum atomic E-state index is 10.0. The van der Waals surface area contributed by atoms with Crippen LogP contribution in [0.15, 0.2) is 14.4 Å². The van der Waals surface area contributed by atoms with Crippen LogP contribution in [-0.4, -0.2) is 72.2 Å². The van der Waals surface area contributed by atoms with Gasteiger partial charge < -0.3 is 180 Å². The van der Waals surface area contributed by atoms with Crippen LogP contribution in [0.25, 0.3) is 0 Å². The molecule has 0 unspecified atom stereocenters. The van der Waals surface area contributed by atoms with Gasteiger partial charge in [-0.15, -0.1) is 0 Å². The molecule has 0 N–H and O–H groups in total. The van der Waals surface area contributed by atoms with Crippen LogP contribution in [0.2, 0.25) is 0 Å². The molecule has 0 saturated heterocycles. The fourth-order valence-corrected chi connectivity index (χ4v) is 0.753. The number of rotatable bonds is 2. The minimum atomic E-state index is -1.08. The molecule has 0 fully saturated rings. The van der Waals surface area contributed by atoms with Crippen molar-refractivity contribution in [3.05, 3.63) is 38.4 Å². The fourth-order valence-electron chi connectivity index (χ4n) is 0.369. The average molecular weight is 1520 g/mol. The molecule has 0 saturated carbocycles. The molecule has 12 nitrogen and oxygen atoms in total. The number of carboxylic acids is 3. The smallest absolute Gasteiger partial charge is 0.796 e. The molecule has 1 aromatic heterocycles. The van der Waals surface area contributed by atoms with Crippen molar-refractivity contribution >= 4 is 132 Å². The van der Waals surface area contributed by atoms with E-state index in [1.165, 1.54) is 0 Å². The third kappa shape index (κ3) is 247. The van der Waals surface area contributed by atoms with Crippen molar-refractivity contribution < 1.29 is 553 Å². The first kappa shape index (κ1) is 132. The van der Waals surface area contributed by atoms with E-state index < -0.39 is 35.0 Å². The average Bonchev–Trinajstić information content (AvgIpc) is 2.95. The van der Waals surface area contributed by atoms with Crippen LogP contribution < -0.4 is 571 Å². The molecule has 1 rings (SSSR count). The van der Waals surface area contributed by atoms with Gasteiger partial charge >= 0.3 is 524 Å². The SMILES string of the molecule is CC(=O)[O-].CC(=O)[O-].CC(=O)[O-].C[S-].C[S-].C[S-].C[S-].C[S-].C[S-].O=c1[n-]c(=O)[n-]c(=O)[n-]1.[CH2-]C.[Rb+].[Rb+].[Rb+].[Rb+].[Rb+].[Rb+].[Rb+].[Rb+].[Rb+].[S-]CC([S-])C[S-]. The summed E-state index contributed by atoms with van der Waals surface area (Å²) in [5, 5.41) is 26.8. The molecule has 0 radical (unpaired) electrons. The van der Waals surface area contributed by atoms with Crippen molar-refractivity contribution in [1.82, 2.24) is 15.0 Å². The Bertz CT molecular complexity index is 634. The molecule has 0 atom stereocenters. The summed E-state index contributed by atoms with van der Waals surface area (Å²) in [4.78, 5) is 64.9. The molecule has 0 aliphatic heterocycles. The Hall–Kier alpha value is 16.2. The molecule has 0 bridgehead atoms. The van der Waals surface area contributed by atoms with Gasteiger partial charge in [-0.25, -0.2) is 5.25 Å². The van der Waals surface area contributed by atoms with E-state index in [1.807, 2.05) is 0 Å². The van der Waals surface area contributed by atoms with E-state index in [2.05, 4.69) is 123 Å². The van der Waals surface area contributed by atoms with E-state index in [-0.39, 0.29) is 529 Å². The molecule has 0 amide bonds. The minimum Gasteiger partial charge on any atom is -0.796 e. The van der Waals surface area contributed by atoms with Gasteiger partial charge in [0.2, 0.25) is 0 Å². The van der Waals surface area contributed by atoms with Crippen LogP contribution in [0.4, 0.5) is 0 Å². The maximum Gasteiger partial charge on any atom is 1.00 e. The monoisotopic (exact) mass is 1520 g/mol. The zero-order chi connectivity index (χ0) is 36.6. The quantitative estimate of drug-likeness (QED) is 0.199. The van der Waals surface area contributed by atoms with E-state index in [1.54, 1.807) is 44.5 Å². The van der Waals surface area contributed by atoms with Gasteiger partial charge in [0, 0.05) is 17.9 Å². The zero-order valence-electron chi connectivity index (χ0n) is 33.4.